The van der Waals surface area contributed by atoms with Crippen LogP contribution in [0.4, 0.5) is 10.5 Å². The topological polar surface area (TPSA) is 70.7 Å². The third-order valence-corrected chi connectivity index (χ3v) is 5.84. The fraction of sp³-hybridized carbons (Fsp3) is 0.360. The van der Waals surface area contributed by atoms with Crippen molar-refractivity contribution >= 4 is 17.6 Å². The van der Waals surface area contributed by atoms with E-state index >= 15 is 0 Å². The average molecular weight is 433 g/mol. The molecule has 1 unspecified atom stereocenters. The van der Waals surface area contributed by atoms with Gasteiger partial charge in [0.15, 0.2) is 0 Å². The van der Waals surface area contributed by atoms with Gasteiger partial charge in [-0.3, -0.25) is 9.69 Å². The van der Waals surface area contributed by atoms with E-state index in [2.05, 4.69) is 9.88 Å². The summed E-state index contributed by atoms with van der Waals surface area (Å²) in [6.07, 6.45) is 5.47. The highest BCUT2D eigenvalue weighted by Gasteiger charge is 2.41. The van der Waals surface area contributed by atoms with Crippen molar-refractivity contribution in [3.63, 3.8) is 0 Å². The number of carbonyl (C=O) groups is 2. The van der Waals surface area contributed by atoms with Gasteiger partial charge in [-0.15, -0.1) is 0 Å². The molecule has 7 heteroatoms. The maximum Gasteiger partial charge on any atom is 0.318 e. The minimum absolute atomic E-state index is 0.0127. The minimum atomic E-state index is -0.408. The lowest BCUT2D eigenvalue weighted by Crippen LogP contribution is -2.53. The molecule has 0 bridgehead atoms. The molecule has 3 amide bonds. The molecule has 5 rings (SSSR count). The minimum Gasteiger partial charge on any atom is -0.467 e. The monoisotopic (exact) mass is 432 g/mol. The summed E-state index contributed by atoms with van der Waals surface area (Å²) in [6.45, 7) is 5.85. The summed E-state index contributed by atoms with van der Waals surface area (Å²) in [5, 5.41) is 3.01. The van der Waals surface area contributed by atoms with Gasteiger partial charge in [0.2, 0.25) is 5.91 Å². The molecule has 2 aliphatic rings. The third-order valence-electron chi connectivity index (χ3n) is 5.84. The second-order valence-corrected chi connectivity index (χ2v) is 9.51. The maximum absolute atomic E-state index is 13.9. The number of para-hydroxylation sites is 2. The van der Waals surface area contributed by atoms with E-state index in [-0.39, 0.29) is 30.1 Å². The zero-order valence-corrected chi connectivity index (χ0v) is 18.6. The van der Waals surface area contributed by atoms with Crippen LogP contribution >= 0.6 is 0 Å². The zero-order valence-electron chi connectivity index (χ0n) is 18.6. The molecule has 1 atom stereocenters. The van der Waals surface area contributed by atoms with Crippen LogP contribution in [0.2, 0.25) is 0 Å². The Bertz CT molecular complexity index is 1140. The van der Waals surface area contributed by atoms with Crippen LogP contribution in [0.3, 0.4) is 0 Å². The summed E-state index contributed by atoms with van der Waals surface area (Å²) < 4.78 is 7.87. The maximum atomic E-state index is 13.9. The molecule has 1 saturated carbocycles. The molecule has 32 heavy (non-hydrogen) atoms. The number of nitrogens with zero attached hydrogens (tertiary/aromatic N) is 3. The molecule has 0 radical (unpaired) electrons. The number of furan rings is 1. The summed E-state index contributed by atoms with van der Waals surface area (Å²) in [7, 11) is 0. The average Bonchev–Trinajstić information content (AvgIpc) is 3.23. The SMILES string of the molecule is CC(C)(C)NC(=O)N(CC(=O)N1c2ccccc2-n2cccc2C1c1ccco1)C1CC1. The van der Waals surface area contributed by atoms with Gasteiger partial charge < -0.3 is 19.2 Å². The van der Waals surface area contributed by atoms with Crippen molar-refractivity contribution < 1.29 is 14.0 Å². The quantitative estimate of drug-likeness (QED) is 0.661. The van der Waals surface area contributed by atoms with Crippen molar-refractivity contribution in [3.05, 3.63) is 72.4 Å². The number of hydrogen-bond donors (Lipinski definition) is 1. The van der Waals surface area contributed by atoms with Gasteiger partial charge in [-0.05, 0) is 70.0 Å². The Morgan fingerprint density at radius 2 is 1.81 bits per heavy atom. The Morgan fingerprint density at radius 1 is 1.06 bits per heavy atom. The molecule has 0 spiro atoms. The van der Waals surface area contributed by atoms with E-state index in [9.17, 15) is 9.59 Å². The summed E-state index contributed by atoms with van der Waals surface area (Å²) in [5.41, 5.74) is 2.31. The molecule has 2 aromatic heterocycles. The second-order valence-electron chi connectivity index (χ2n) is 9.51. The summed E-state index contributed by atoms with van der Waals surface area (Å²) in [4.78, 5) is 30.3. The van der Waals surface area contributed by atoms with E-state index in [4.69, 9.17) is 4.42 Å². The first kappa shape index (κ1) is 20.4. The van der Waals surface area contributed by atoms with Crippen LogP contribution in [0.15, 0.2) is 65.4 Å². The van der Waals surface area contributed by atoms with Gasteiger partial charge in [-0.1, -0.05) is 12.1 Å². The number of urea groups is 1. The lowest BCUT2D eigenvalue weighted by Gasteiger charge is -2.38. The van der Waals surface area contributed by atoms with Gasteiger partial charge in [-0.2, -0.15) is 0 Å². The molecule has 7 nitrogen and oxygen atoms in total. The van der Waals surface area contributed by atoms with Crippen molar-refractivity contribution in [3.8, 4) is 5.69 Å². The van der Waals surface area contributed by atoms with Gasteiger partial charge in [0.1, 0.15) is 18.3 Å². The number of fused-ring (bicyclic) bond motifs is 3. The molecule has 1 aliphatic carbocycles. The Hall–Kier alpha value is -3.48. The van der Waals surface area contributed by atoms with Crippen molar-refractivity contribution in [2.45, 2.75) is 51.2 Å². The standard InChI is InChI=1S/C25H28N4O3/c1-25(2,3)26-24(31)28(17-12-13-17)16-22(30)29-19-9-5-4-8-18(19)27-14-6-10-20(27)23(29)21-11-7-15-32-21/h4-11,14-15,17,23H,12-13,16H2,1-3H3,(H,26,31). The molecule has 166 valence electrons. The number of anilines is 1. The highest BCUT2D eigenvalue weighted by molar-refractivity contribution is 6.00. The molecule has 3 aromatic rings. The Kier molecular flexibility index (Phi) is 4.84. The largest absolute Gasteiger partial charge is 0.467 e. The van der Waals surface area contributed by atoms with E-state index in [1.165, 1.54) is 0 Å². The summed E-state index contributed by atoms with van der Waals surface area (Å²) >= 11 is 0. The molecule has 1 aliphatic heterocycles. The molecule has 0 saturated heterocycles. The highest BCUT2D eigenvalue weighted by Crippen LogP contribution is 2.42. The number of aromatic nitrogens is 1. The number of carbonyl (C=O) groups excluding carboxylic acids is 2. The third kappa shape index (κ3) is 3.68. The smallest absolute Gasteiger partial charge is 0.318 e. The first-order chi connectivity index (χ1) is 15.3. The van der Waals surface area contributed by atoms with E-state index in [0.717, 1.165) is 29.9 Å². The number of rotatable bonds is 4. The van der Waals surface area contributed by atoms with Crippen molar-refractivity contribution in [1.29, 1.82) is 0 Å². The predicted molar refractivity (Wildman–Crippen MR) is 122 cm³/mol. The van der Waals surface area contributed by atoms with E-state index in [1.54, 1.807) is 16.1 Å². The van der Waals surface area contributed by atoms with Gasteiger partial charge in [-0.25, -0.2) is 4.79 Å². The van der Waals surface area contributed by atoms with Gasteiger partial charge >= 0.3 is 6.03 Å². The van der Waals surface area contributed by atoms with Crippen molar-refractivity contribution in [2.75, 3.05) is 11.4 Å². The Morgan fingerprint density at radius 3 is 2.47 bits per heavy atom. The number of nitrogens with one attached hydrogen (secondary N) is 1. The zero-order chi connectivity index (χ0) is 22.5. The fourth-order valence-corrected chi connectivity index (χ4v) is 4.34. The van der Waals surface area contributed by atoms with E-state index in [1.807, 2.05) is 75.5 Å². The Balaban J connectivity index is 1.53. The van der Waals surface area contributed by atoms with Crippen LogP contribution in [0.1, 0.15) is 51.1 Å². The van der Waals surface area contributed by atoms with Crippen LogP contribution in [-0.4, -0.2) is 39.5 Å². The van der Waals surface area contributed by atoms with E-state index in [0.29, 0.717) is 5.76 Å². The van der Waals surface area contributed by atoms with Crippen LogP contribution in [0.5, 0.6) is 0 Å². The summed E-state index contributed by atoms with van der Waals surface area (Å²) in [6, 6.07) is 15.0. The van der Waals surface area contributed by atoms with Gasteiger partial charge in [0.05, 0.1) is 23.3 Å². The molecule has 1 N–H and O–H groups in total. The van der Waals surface area contributed by atoms with Gasteiger partial charge in [0, 0.05) is 17.8 Å². The lowest BCUT2D eigenvalue weighted by molar-refractivity contribution is -0.119. The molecule has 1 aromatic carbocycles. The predicted octanol–water partition coefficient (Wildman–Crippen LogP) is 4.48. The molecule has 3 heterocycles. The van der Waals surface area contributed by atoms with Gasteiger partial charge in [0.25, 0.3) is 0 Å². The van der Waals surface area contributed by atoms with Crippen molar-refractivity contribution in [1.82, 2.24) is 14.8 Å². The normalized spacial score (nSPS) is 17.5. The Labute approximate surface area is 187 Å². The number of hydrogen-bond acceptors (Lipinski definition) is 3. The summed E-state index contributed by atoms with van der Waals surface area (Å²) in [5.74, 6) is 0.548. The molecular formula is C25H28N4O3. The molecular weight excluding hydrogens is 404 g/mol. The fourth-order valence-electron chi connectivity index (χ4n) is 4.34. The lowest BCUT2D eigenvalue weighted by atomic mass is 10.0. The molecule has 1 fully saturated rings. The first-order valence-corrected chi connectivity index (χ1v) is 11.0. The highest BCUT2D eigenvalue weighted by atomic mass is 16.3. The van der Waals surface area contributed by atoms with Crippen molar-refractivity contribution in [2.24, 2.45) is 0 Å². The first-order valence-electron chi connectivity index (χ1n) is 11.0. The van der Waals surface area contributed by atoms with Crippen LogP contribution in [-0.2, 0) is 4.79 Å². The number of benzene rings is 1. The van der Waals surface area contributed by atoms with E-state index < -0.39 is 6.04 Å². The second kappa shape index (κ2) is 7.58. The van der Waals surface area contributed by atoms with Crippen LogP contribution in [0.25, 0.3) is 5.69 Å². The number of amides is 3. The van der Waals surface area contributed by atoms with Crippen LogP contribution < -0.4 is 10.2 Å². The van der Waals surface area contributed by atoms with Crippen LogP contribution in [0, 0.1) is 0 Å².